The number of pyridine rings is 1. The zero-order chi connectivity index (χ0) is 18.8. The molecule has 8 nitrogen and oxygen atoms in total. The molecule has 0 bridgehead atoms. The van der Waals surface area contributed by atoms with Crippen molar-refractivity contribution in [3.05, 3.63) is 70.9 Å². The molecule has 3 aromatic heterocycles. The van der Waals surface area contributed by atoms with Crippen molar-refractivity contribution in [2.45, 2.75) is 0 Å². The number of anilines is 1. The standard InChI is InChI=1S/C17H11Cl2N7O/c18-13-2-1-11(7-14(13)19)26-16-12(8-23-26)15(21-9-22-16)24-25-17(27)10-3-5-20-6-4-10/h1-9H,(H,25,27)(H,21,22,24). The topological polar surface area (TPSA) is 97.6 Å². The molecule has 4 rings (SSSR count). The number of rotatable bonds is 4. The third-order valence-electron chi connectivity index (χ3n) is 3.75. The molecule has 0 fully saturated rings. The van der Waals surface area contributed by atoms with Crippen LogP contribution in [0.25, 0.3) is 16.7 Å². The van der Waals surface area contributed by atoms with Crippen molar-refractivity contribution in [2.24, 2.45) is 0 Å². The Kier molecular flexibility index (Phi) is 4.57. The van der Waals surface area contributed by atoms with Crippen LogP contribution >= 0.6 is 23.2 Å². The first kappa shape index (κ1) is 17.2. The molecule has 0 radical (unpaired) electrons. The molecule has 0 aliphatic carbocycles. The first-order valence-electron chi connectivity index (χ1n) is 7.74. The van der Waals surface area contributed by atoms with Crippen molar-refractivity contribution in [3.8, 4) is 5.69 Å². The summed E-state index contributed by atoms with van der Waals surface area (Å²) in [5, 5.41) is 5.82. The highest BCUT2D eigenvalue weighted by Crippen LogP contribution is 2.26. The van der Waals surface area contributed by atoms with E-state index in [1.165, 1.54) is 6.33 Å². The van der Waals surface area contributed by atoms with Crippen LogP contribution in [0.5, 0.6) is 0 Å². The molecule has 10 heteroatoms. The smallest absolute Gasteiger partial charge is 0.269 e. The summed E-state index contributed by atoms with van der Waals surface area (Å²) in [4.78, 5) is 24.5. The fourth-order valence-corrected chi connectivity index (χ4v) is 2.73. The van der Waals surface area contributed by atoms with Crippen molar-refractivity contribution < 1.29 is 4.79 Å². The van der Waals surface area contributed by atoms with Crippen LogP contribution in [0.3, 0.4) is 0 Å². The Hall–Kier alpha value is -3.23. The van der Waals surface area contributed by atoms with Crippen LogP contribution in [-0.4, -0.2) is 30.6 Å². The minimum absolute atomic E-state index is 0.318. The van der Waals surface area contributed by atoms with Gasteiger partial charge in [0.05, 0.1) is 27.3 Å². The van der Waals surface area contributed by atoms with Gasteiger partial charge < -0.3 is 0 Å². The number of nitrogens with one attached hydrogen (secondary N) is 2. The van der Waals surface area contributed by atoms with Gasteiger partial charge in [0.25, 0.3) is 5.91 Å². The molecule has 0 aliphatic rings. The van der Waals surface area contributed by atoms with Gasteiger partial charge in [-0.3, -0.25) is 20.6 Å². The number of amides is 1. The molecule has 0 unspecified atom stereocenters. The maximum absolute atomic E-state index is 12.2. The molecule has 4 aromatic rings. The van der Waals surface area contributed by atoms with E-state index in [0.29, 0.717) is 38.1 Å². The third kappa shape index (κ3) is 3.40. The maximum atomic E-state index is 12.2. The van der Waals surface area contributed by atoms with Gasteiger partial charge >= 0.3 is 0 Å². The molecule has 0 saturated carbocycles. The van der Waals surface area contributed by atoms with Crippen LogP contribution in [-0.2, 0) is 0 Å². The van der Waals surface area contributed by atoms with Crippen molar-refractivity contribution in [2.75, 3.05) is 5.43 Å². The van der Waals surface area contributed by atoms with Crippen LogP contribution in [0, 0.1) is 0 Å². The second-order valence-electron chi connectivity index (χ2n) is 5.43. The number of benzene rings is 1. The Bertz CT molecular complexity index is 1130. The van der Waals surface area contributed by atoms with Gasteiger partial charge in [-0.2, -0.15) is 5.10 Å². The van der Waals surface area contributed by atoms with E-state index in [0.717, 1.165) is 0 Å². The Balaban J connectivity index is 1.63. The van der Waals surface area contributed by atoms with E-state index < -0.39 is 0 Å². The lowest BCUT2D eigenvalue weighted by Gasteiger charge is -2.08. The van der Waals surface area contributed by atoms with Gasteiger partial charge in [-0.05, 0) is 30.3 Å². The Morgan fingerprint density at radius 3 is 2.63 bits per heavy atom. The fraction of sp³-hybridized carbons (Fsp3) is 0. The SMILES string of the molecule is O=C(NNc1ncnc2c1cnn2-c1ccc(Cl)c(Cl)c1)c1ccncc1. The van der Waals surface area contributed by atoms with E-state index in [2.05, 4.69) is 30.9 Å². The highest BCUT2D eigenvalue weighted by atomic mass is 35.5. The number of hydrogen-bond donors (Lipinski definition) is 2. The molecule has 0 spiro atoms. The van der Waals surface area contributed by atoms with Gasteiger partial charge in [-0.25, -0.2) is 14.6 Å². The van der Waals surface area contributed by atoms with E-state index in [1.807, 2.05) is 0 Å². The predicted octanol–water partition coefficient (Wildman–Crippen LogP) is 3.27. The first-order valence-corrected chi connectivity index (χ1v) is 8.49. The number of carbonyl (C=O) groups excluding carboxylic acids is 1. The summed E-state index contributed by atoms with van der Waals surface area (Å²) in [5.41, 5.74) is 7.10. The molecule has 2 N–H and O–H groups in total. The molecule has 1 aromatic carbocycles. The van der Waals surface area contributed by atoms with Crippen LogP contribution in [0.15, 0.2) is 55.2 Å². The third-order valence-corrected chi connectivity index (χ3v) is 4.49. The number of aromatic nitrogens is 5. The number of halogens is 2. The number of nitrogens with zero attached hydrogens (tertiary/aromatic N) is 5. The molecule has 0 saturated heterocycles. The molecule has 0 atom stereocenters. The number of fused-ring (bicyclic) bond motifs is 1. The fourth-order valence-electron chi connectivity index (χ4n) is 2.44. The van der Waals surface area contributed by atoms with Crippen LogP contribution in [0.4, 0.5) is 5.82 Å². The van der Waals surface area contributed by atoms with Gasteiger partial charge in [-0.1, -0.05) is 23.2 Å². The van der Waals surface area contributed by atoms with E-state index in [1.54, 1.807) is 53.6 Å². The predicted molar refractivity (Wildman–Crippen MR) is 102 cm³/mol. The summed E-state index contributed by atoms with van der Waals surface area (Å²) < 4.78 is 1.61. The summed E-state index contributed by atoms with van der Waals surface area (Å²) in [6.45, 7) is 0. The van der Waals surface area contributed by atoms with E-state index in [9.17, 15) is 4.79 Å². The zero-order valence-electron chi connectivity index (χ0n) is 13.6. The van der Waals surface area contributed by atoms with Crippen LogP contribution < -0.4 is 10.9 Å². The summed E-state index contributed by atoms with van der Waals surface area (Å²) in [7, 11) is 0. The number of carbonyl (C=O) groups is 1. The van der Waals surface area contributed by atoms with Gasteiger partial charge in [0.1, 0.15) is 6.33 Å². The summed E-state index contributed by atoms with van der Waals surface area (Å²) >= 11 is 12.1. The Labute approximate surface area is 163 Å². The summed E-state index contributed by atoms with van der Waals surface area (Å²) in [5.74, 6) is 0.0924. The largest absolute Gasteiger partial charge is 0.281 e. The summed E-state index contributed by atoms with van der Waals surface area (Å²) in [6.07, 6.45) is 6.05. The van der Waals surface area contributed by atoms with E-state index in [-0.39, 0.29) is 5.91 Å². The van der Waals surface area contributed by atoms with E-state index in [4.69, 9.17) is 23.2 Å². The zero-order valence-corrected chi connectivity index (χ0v) is 15.1. The average Bonchev–Trinajstić information content (AvgIpc) is 3.13. The van der Waals surface area contributed by atoms with Crippen LogP contribution in [0.2, 0.25) is 10.0 Å². The lowest BCUT2D eigenvalue weighted by atomic mass is 10.3. The summed E-state index contributed by atoms with van der Waals surface area (Å²) in [6, 6.07) is 8.36. The van der Waals surface area contributed by atoms with Gasteiger partial charge in [0.15, 0.2) is 11.5 Å². The first-order chi connectivity index (χ1) is 13.1. The molecule has 3 heterocycles. The molecular formula is C17H11Cl2N7O. The molecule has 1 amide bonds. The molecular weight excluding hydrogens is 389 g/mol. The number of hydrogen-bond acceptors (Lipinski definition) is 6. The molecule has 134 valence electrons. The van der Waals surface area contributed by atoms with Crippen molar-refractivity contribution in [3.63, 3.8) is 0 Å². The quantitative estimate of drug-likeness (QED) is 0.511. The van der Waals surface area contributed by atoms with Crippen LogP contribution in [0.1, 0.15) is 10.4 Å². The molecule has 27 heavy (non-hydrogen) atoms. The lowest BCUT2D eigenvalue weighted by Crippen LogP contribution is -2.29. The minimum atomic E-state index is -0.318. The maximum Gasteiger partial charge on any atom is 0.269 e. The van der Waals surface area contributed by atoms with Crippen molar-refractivity contribution in [1.82, 2.24) is 30.2 Å². The minimum Gasteiger partial charge on any atom is -0.281 e. The lowest BCUT2D eigenvalue weighted by molar-refractivity contribution is 0.0962. The molecule has 0 aliphatic heterocycles. The average molecular weight is 400 g/mol. The highest BCUT2D eigenvalue weighted by Gasteiger charge is 2.13. The second kappa shape index (κ2) is 7.18. The van der Waals surface area contributed by atoms with Crippen molar-refractivity contribution >= 4 is 46.0 Å². The van der Waals surface area contributed by atoms with Gasteiger partial charge in [0.2, 0.25) is 0 Å². The van der Waals surface area contributed by atoms with Gasteiger partial charge in [0, 0.05) is 18.0 Å². The Morgan fingerprint density at radius 1 is 1.04 bits per heavy atom. The highest BCUT2D eigenvalue weighted by molar-refractivity contribution is 6.42. The number of hydrazine groups is 1. The van der Waals surface area contributed by atoms with Gasteiger partial charge in [-0.15, -0.1) is 0 Å². The normalized spacial score (nSPS) is 10.7. The monoisotopic (exact) mass is 399 g/mol. The second-order valence-corrected chi connectivity index (χ2v) is 6.24. The van der Waals surface area contributed by atoms with Crippen molar-refractivity contribution in [1.29, 1.82) is 0 Å². The Morgan fingerprint density at radius 2 is 1.85 bits per heavy atom. The van der Waals surface area contributed by atoms with E-state index >= 15 is 0 Å².